The van der Waals surface area contributed by atoms with E-state index in [9.17, 15) is 53.2 Å². The summed E-state index contributed by atoms with van der Waals surface area (Å²) in [7, 11) is -17.9. The van der Waals surface area contributed by atoms with Gasteiger partial charge < -0.3 is 95.2 Å². The van der Waals surface area contributed by atoms with Crippen molar-refractivity contribution in [2.24, 2.45) is 0 Å². The molecule has 0 saturated carbocycles. The molecule has 1 saturated heterocycles. The number of aldehydes is 1. The summed E-state index contributed by atoms with van der Waals surface area (Å²) >= 11 is 0. The molecule has 1 aliphatic rings. The number of ether oxygens (including phenoxy) is 1. The minimum Gasteiger partial charge on any atom is -0.870 e. The van der Waals surface area contributed by atoms with Crippen LogP contribution in [0.2, 0.25) is 0 Å². The molecule has 35 heteroatoms. The average molecular weight is 855 g/mol. The van der Waals surface area contributed by atoms with Crippen molar-refractivity contribution in [3.05, 3.63) is 12.7 Å². The summed E-state index contributed by atoms with van der Waals surface area (Å²) in [4.78, 5) is 70.4. The van der Waals surface area contributed by atoms with Gasteiger partial charge >= 0.3 is 177 Å². The number of hydrogen-bond acceptors (Lipinski definition) is 25. The van der Waals surface area contributed by atoms with E-state index in [0.717, 1.165) is 0 Å². The second-order valence-corrected chi connectivity index (χ2v) is 12.2. The first-order valence-corrected chi connectivity index (χ1v) is 15.6. The van der Waals surface area contributed by atoms with Crippen molar-refractivity contribution in [1.82, 2.24) is 19.5 Å². The number of rotatable bonds is 11. The van der Waals surface area contributed by atoms with E-state index in [0.29, 0.717) is 11.2 Å². The van der Waals surface area contributed by atoms with Crippen LogP contribution in [0, 0.1) is 0 Å². The molecule has 0 radical (unpaired) electrons. The fraction of sp³-hybridized carbons (Fsp3) is 0.625. The van der Waals surface area contributed by atoms with Crippen molar-refractivity contribution in [3.8, 4) is 0 Å². The number of anilines is 1. The number of imidazole rings is 1. The third-order valence-electron chi connectivity index (χ3n) is 5.00. The molecule has 1 fully saturated rings. The molecule has 0 aromatic carbocycles. The van der Waals surface area contributed by atoms with Crippen molar-refractivity contribution in [2.45, 2.75) is 49.0 Å². The number of phosphoric acid groups is 3. The van der Waals surface area contributed by atoms with Crippen molar-refractivity contribution < 1.29 is 280 Å². The van der Waals surface area contributed by atoms with Gasteiger partial charge in [0.2, 0.25) is 0 Å². The molecule has 11 N–H and O–H groups in total. The minimum absolute atomic E-state index is 0. The Morgan fingerprint density at radius 2 is 1.33 bits per heavy atom. The van der Waals surface area contributed by atoms with Gasteiger partial charge in [0.15, 0.2) is 24.0 Å². The Morgan fingerprint density at radius 3 is 1.71 bits per heavy atom. The zero-order valence-corrected chi connectivity index (χ0v) is 42.6. The summed E-state index contributed by atoms with van der Waals surface area (Å²) in [6.07, 6.45) is -8.26. The Morgan fingerprint density at radius 1 is 0.863 bits per heavy atom. The maximum atomic E-state index is 10.1. The summed E-state index contributed by atoms with van der Waals surface area (Å²) in [5.41, 5.74) is 6.44. The number of aliphatic hydroxyl groups excluding tert-OH is 8. The quantitative estimate of drug-likeness (QED) is 0.0575. The van der Waals surface area contributed by atoms with E-state index in [1.807, 2.05) is 0 Å². The van der Waals surface area contributed by atoms with Gasteiger partial charge in [-0.3, -0.25) is 17.8 Å². The molecule has 0 amide bonds. The molecule has 51 heavy (non-hydrogen) atoms. The first-order valence-electron chi connectivity index (χ1n) is 11.2. The Labute approximate surface area is 420 Å². The molecule has 0 bridgehead atoms. The van der Waals surface area contributed by atoms with Gasteiger partial charge in [0.05, 0.1) is 35.2 Å². The fourth-order valence-electron chi connectivity index (χ4n) is 3.04. The van der Waals surface area contributed by atoms with Crippen molar-refractivity contribution in [1.29, 1.82) is 0 Å². The summed E-state index contributed by atoms with van der Waals surface area (Å²) < 4.78 is 41.5. The Balaban J connectivity index is -0.000000110. The predicted octanol–water partition coefficient (Wildman–Crippen LogP) is -27.4. The van der Waals surface area contributed by atoms with E-state index in [2.05, 4.69) is 23.6 Å². The predicted molar refractivity (Wildman–Crippen MR) is 127 cm³/mol. The van der Waals surface area contributed by atoms with E-state index >= 15 is 0 Å². The molecule has 0 aliphatic carbocycles. The maximum Gasteiger partial charge on any atom is 1.00 e. The molecule has 3 heterocycles. The molecule has 262 valence electrons. The first kappa shape index (κ1) is 69.6. The number of carbonyl (C=O) groups excluding carboxylic acids is 1. The van der Waals surface area contributed by atoms with Crippen molar-refractivity contribution in [2.75, 3.05) is 18.9 Å². The number of hydrogen-bond donors (Lipinski definition) is 9. The number of aromatic nitrogens is 4. The third kappa shape index (κ3) is 24.7. The van der Waals surface area contributed by atoms with Gasteiger partial charge in [-0.1, -0.05) is 0 Å². The van der Waals surface area contributed by atoms with Crippen molar-refractivity contribution >= 4 is 46.7 Å². The van der Waals surface area contributed by atoms with Crippen LogP contribution in [0.15, 0.2) is 12.7 Å². The monoisotopic (exact) mass is 855 g/mol. The molecule has 1 aliphatic heterocycles. The van der Waals surface area contributed by atoms with Crippen LogP contribution >= 0.6 is 23.5 Å². The average Bonchev–Trinajstić information content (AvgIpc) is 3.46. The van der Waals surface area contributed by atoms with Crippen LogP contribution in [0.5, 0.6) is 0 Å². The zero-order chi connectivity index (χ0) is 34.2. The summed E-state index contributed by atoms with van der Waals surface area (Å²) in [6.45, 7) is -1.15. The number of aliphatic hydroxyl groups is 8. The fourth-order valence-corrected chi connectivity index (χ4v) is 5.39. The second kappa shape index (κ2) is 31.9. The van der Waals surface area contributed by atoms with Crippen LogP contribution < -0.4 is 208 Å². The zero-order valence-electron chi connectivity index (χ0n) is 27.9. The van der Waals surface area contributed by atoms with Crippen molar-refractivity contribution in [3.63, 3.8) is 0 Å². The van der Waals surface area contributed by atoms with E-state index in [1.54, 1.807) is 0 Å². The van der Waals surface area contributed by atoms with Crippen LogP contribution in [0.4, 0.5) is 5.82 Å². The minimum atomic E-state index is -5.97. The largest absolute Gasteiger partial charge is 1.00 e. The maximum absolute atomic E-state index is 10.1. The van der Waals surface area contributed by atoms with E-state index in [-0.39, 0.29) is 195 Å². The van der Waals surface area contributed by atoms with Gasteiger partial charge in [0.1, 0.15) is 54.6 Å². The Hall–Kier alpha value is 4.03. The van der Waals surface area contributed by atoms with Crippen LogP contribution in [-0.4, -0.2) is 128 Å². The summed E-state index contributed by atoms with van der Waals surface area (Å²) in [5, 5.41) is 72.3. The van der Waals surface area contributed by atoms with E-state index in [4.69, 9.17) is 41.1 Å². The van der Waals surface area contributed by atoms with Gasteiger partial charge in [-0.05, 0) is 0 Å². The van der Waals surface area contributed by atoms with Gasteiger partial charge in [0, 0.05) is 0 Å². The summed E-state index contributed by atoms with van der Waals surface area (Å²) in [6, 6.07) is 0. The summed E-state index contributed by atoms with van der Waals surface area (Å²) in [5.74, 6) is 0.218. The van der Waals surface area contributed by atoms with Crippen LogP contribution in [0.25, 0.3) is 11.2 Å². The smallest absolute Gasteiger partial charge is 0.870 e. The molecular weight excluding hydrogens is 829 g/mol. The number of carbonyl (C=O) groups is 1. The standard InChI is InChI=1S/C10H13N5O4.C6H12O6.6Na.H5O10P3.H2O/c11-8-5-9(13-2-12-8)15(3-14-5)10-7(18)6(17)4(1-16)19-10;7-1-3(9)5(11)6(12)4(10)2-8;;;;;;;1-11(2,3)9-13(7,8)10-12(4,5)6;/h2-4,6-7,10,16-18H,1H2,(H2,11,12,13);1,3-6,8-12H,2H2;;;;;;;(H,7,8)(H2,1,2,3)(H2,4,5,6);1H2/q;;6*+1;;/p-6/t4-,6-,7-,10-;3-,4+,5+,6+;;;;;;;;/m10......../s1. The van der Waals surface area contributed by atoms with Gasteiger partial charge in [-0.15, -0.1) is 0 Å². The first-order chi connectivity index (χ1) is 20.1. The molecule has 2 aromatic heterocycles. The number of fused-ring (bicyclic) bond motifs is 1. The van der Waals surface area contributed by atoms with Gasteiger partial charge in [-0.2, -0.15) is 0 Å². The Kier molecular flexibility index (Phi) is 43.5. The molecule has 2 aromatic rings. The number of nitrogens with two attached hydrogens (primary N) is 1. The Bertz CT molecular complexity index is 1350. The topological polar surface area (TPSA) is 473 Å². The molecule has 26 nitrogen and oxygen atoms in total. The third-order valence-corrected chi connectivity index (χ3v) is 8.20. The van der Waals surface area contributed by atoms with E-state index in [1.165, 1.54) is 17.2 Å². The molecule has 0 unspecified atom stereocenters. The number of nitrogen functional groups attached to an aromatic ring is 1. The molecule has 8 atom stereocenters. The normalized spacial score (nSPS) is 20.3. The van der Waals surface area contributed by atoms with Gasteiger partial charge in [0.25, 0.3) is 7.82 Å². The van der Waals surface area contributed by atoms with Crippen LogP contribution in [0.3, 0.4) is 0 Å². The van der Waals surface area contributed by atoms with Crippen LogP contribution in [-0.2, 0) is 31.8 Å². The molecule has 3 rings (SSSR count). The second-order valence-electron chi connectivity index (χ2n) is 8.17. The van der Waals surface area contributed by atoms with E-state index < -0.39 is 85.6 Å². The van der Waals surface area contributed by atoms with Gasteiger partial charge in [-0.25, -0.2) is 15.0 Å². The van der Waals surface area contributed by atoms with Crippen LogP contribution in [0.1, 0.15) is 6.23 Å². The number of nitrogens with zero attached hydrogens (tertiary/aromatic N) is 4. The molecule has 0 spiro atoms. The SMILES string of the molecule is Nc1ncnc2c1ncn2[C@@H]1O[C@H](CO)[C@@H](O)[C@H]1O.O=C[C@H](O)[C@@H](O)[C@H](O)[C@H](O)CO.O=P([O-])([O-])OP(=O)([O-])OP(=O)([O-])[O-].[Na+].[Na+].[Na+].[Na+].[Na+].[Na+].[OH-]. The molecular formula is C16H26N5Na6O21P3.